The zero-order chi connectivity index (χ0) is 20.3. The van der Waals surface area contributed by atoms with Crippen LogP contribution in [0.2, 0.25) is 0 Å². The van der Waals surface area contributed by atoms with Gasteiger partial charge in [0.15, 0.2) is 0 Å². The first-order valence-corrected chi connectivity index (χ1v) is 9.72. The summed E-state index contributed by atoms with van der Waals surface area (Å²) in [6.07, 6.45) is 1.00. The molecule has 0 aliphatic rings. The second-order valence-corrected chi connectivity index (χ2v) is 7.97. The summed E-state index contributed by atoms with van der Waals surface area (Å²) in [5.41, 5.74) is 0.347. The van der Waals surface area contributed by atoms with E-state index in [1.807, 2.05) is 30.3 Å². The van der Waals surface area contributed by atoms with Gasteiger partial charge in [0.2, 0.25) is 0 Å². The van der Waals surface area contributed by atoms with E-state index in [-0.39, 0.29) is 11.2 Å². The summed E-state index contributed by atoms with van der Waals surface area (Å²) in [6, 6.07) is 9.04. The third kappa shape index (κ3) is 11.3. The van der Waals surface area contributed by atoms with Gasteiger partial charge in [-0.25, -0.2) is 0 Å². The number of amides is 2. The fourth-order valence-electron chi connectivity index (χ4n) is 2.16. The second kappa shape index (κ2) is 11.6. The van der Waals surface area contributed by atoms with Gasteiger partial charge in [-0.1, -0.05) is 18.2 Å². The Balaban J connectivity index is 2.21. The van der Waals surface area contributed by atoms with Crippen molar-refractivity contribution in [3.8, 4) is 0 Å². The van der Waals surface area contributed by atoms with Gasteiger partial charge >= 0.3 is 150 Å². The van der Waals surface area contributed by atoms with Gasteiger partial charge in [0.05, 0.1) is 0 Å². The van der Waals surface area contributed by atoms with Crippen molar-refractivity contribution in [1.82, 2.24) is 10.6 Å². The van der Waals surface area contributed by atoms with Gasteiger partial charge in [-0.3, -0.25) is 0 Å². The quantitative estimate of drug-likeness (QED) is 0.311. The van der Waals surface area contributed by atoms with E-state index in [0.717, 1.165) is 12.0 Å². The maximum atomic E-state index is 11.8. The summed E-state index contributed by atoms with van der Waals surface area (Å²) in [5.74, 6) is 0. The van der Waals surface area contributed by atoms with E-state index < -0.39 is 23.8 Å². The van der Waals surface area contributed by atoms with Crippen LogP contribution in [0.15, 0.2) is 30.3 Å². The summed E-state index contributed by atoms with van der Waals surface area (Å²) in [5, 5.41) is 13.1. The van der Waals surface area contributed by atoms with Crippen LogP contribution in [0.25, 0.3) is 0 Å². The number of alkyl carbamates (subject to hydrolysis) is 2. The number of benzene rings is 1. The van der Waals surface area contributed by atoms with Crippen molar-refractivity contribution in [2.24, 2.45) is 0 Å². The van der Waals surface area contributed by atoms with Crippen molar-refractivity contribution in [2.45, 2.75) is 58.3 Å². The van der Waals surface area contributed by atoms with E-state index >= 15 is 0 Å². The number of hydrogen-bond donors (Lipinski definition) is 3. The minimum absolute atomic E-state index is 0.234. The molecule has 0 saturated heterocycles. The number of carbonyl (C=O) groups is 2. The zero-order valence-corrected chi connectivity index (χ0v) is 17.8. The topological polar surface area (TPSA) is 101 Å². The Bertz CT molecular complexity index is 617. The van der Waals surface area contributed by atoms with E-state index in [2.05, 4.69) is 26.6 Å². The van der Waals surface area contributed by atoms with Crippen molar-refractivity contribution in [3.05, 3.63) is 35.9 Å². The Morgan fingerprint density at radius 3 is 2.41 bits per heavy atom. The van der Waals surface area contributed by atoms with Crippen LogP contribution in [0.5, 0.6) is 0 Å². The molecule has 0 spiro atoms. The number of nitrogens with one attached hydrogen (secondary N) is 3. The van der Waals surface area contributed by atoms with E-state index in [9.17, 15) is 9.59 Å². The molecule has 0 unspecified atom stereocenters. The Morgan fingerprint density at radius 1 is 1.15 bits per heavy atom. The Labute approximate surface area is 168 Å². The third-order valence-corrected chi connectivity index (χ3v) is 4.01. The van der Waals surface area contributed by atoms with Crippen LogP contribution in [-0.4, -0.2) is 51.0 Å². The molecule has 0 fully saturated rings. The molecule has 1 atom stereocenters. The zero-order valence-electron chi connectivity index (χ0n) is 16.0. The second-order valence-electron chi connectivity index (χ2n) is 7.05. The number of ether oxygens (including phenoxy) is 2. The first-order valence-electron chi connectivity index (χ1n) is 8.87. The van der Waals surface area contributed by atoms with Crippen molar-refractivity contribution in [1.29, 1.82) is 5.41 Å². The van der Waals surface area contributed by atoms with Crippen LogP contribution in [0, 0.1) is 5.41 Å². The average molecular weight is 441 g/mol. The van der Waals surface area contributed by atoms with Crippen molar-refractivity contribution < 1.29 is 19.1 Å². The van der Waals surface area contributed by atoms with Gasteiger partial charge in [-0.2, -0.15) is 0 Å². The fourth-order valence-corrected chi connectivity index (χ4v) is 2.53. The van der Waals surface area contributed by atoms with Gasteiger partial charge < -0.3 is 0 Å². The monoisotopic (exact) mass is 442 g/mol. The number of rotatable bonds is 9. The predicted octanol–water partition coefficient (Wildman–Crippen LogP) is 3.12. The van der Waals surface area contributed by atoms with Gasteiger partial charge in [0, 0.05) is 0 Å². The summed E-state index contributed by atoms with van der Waals surface area (Å²) >= 11 is 2.62. The Morgan fingerprint density at radius 2 is 1.81 bits per heavy atom. The van der Waals surface area contributed by atoms with Crippen molar-refractivity contribution in [2.75, 3.05) is 6.54 Å². The molecule has 0 saturated carbocycles. The summed E-state index contributed by atoms with van der Waals surface area (Å²) in [7, 11) is 0. The third-order valence-electron chi connectivity index (χ3n) is 3.41. The molecular formula is C19H28N3O4Se. The summed E-state index contributed by atoms with van der Waals surface area (Å²) < 4.78 is 10.6. The molecule has 0 aliphatic carbocycles. The van der Waals surface area contributed by atoms with Gasteiger partial charge in [-0.15, -0.1) is 0 Å². The molecule has 3 N–H and O–H groups in total. The number of carbonyl (C=O) groups excluding carboxylic acids is 2. The molecule has 1 aromatic carbocycles. The first kappa shape index (κ1) is 23.0. The molecule has 27 heavy (non-hydrogen) atoms. The van der Waals surface area contributed by atoms with Crippen molar-refractivity contribution >= 4 is 32.8 Å². The molecular weight excluding hydrogens is 413 g/mol. The fraction of sp³-hybridized carbons (Fsp3) is 0.526. The van der Waals surface area contributed by atoms with Crippen molar-refractivity contribution in [3.63, 3.8) is 0 Å². The average Bonchev–Trinajstić information content (AvgIpc) is 2.57. The van der Waals surface area contributed by atoms with Gasteiger partial charge in [0.25, 0.3) is 0 Å². The Hall–Kier alpha value is -2.05. The molecule has 7 nitrogen and oxygen atoms in total. The van der Waals surface area contributed by atoms with Gasteiger partial charge in [-0.05, 0) is 0 Å². The van der Waals surface area contributed by atoms with E-state index in [4.69, 9.17) is 14.9 Å². The first-order chi connectivity index (χ1) is 12.7. The van der Waals surface area contributed by atoms with Crippen LogP contribution >= 0.6 is 0 Å². The molecule has 0 heterocycles. The van der Waals surface area contributed by atoms with E-state index in [0.29, 0.717) is 19.4 Å². The number of unbranched alkanes of at least 4 members (excludes halogenated alkanes) is 1. The SMILES string of the molecule is CC(C)(C)OC(=O)N[C@@H](CCCCNC(=O)OCc1ccccc1)C(=N)[Se]. The molecule has 0 bridgehead atoms. The minimum atomic E-state index is -0.585. The van der Waals surface area contributed by atoms with Crippen LogP contribution in [0.4, 0.5) is 9.59 Å². The normalized spacial score (nSPS) is 12.0. The molecule has 149 valence electrons. The van der Waals surface area contributed by atoms with E-state index in [1.165, 1.54) is 0 Å². The van der Waals surface area contributed by atoms with E-state index in [1.54, 1.807) is 20.8 Å². The van der Waals surface area contributed by atoms with Crippen LogP contribution in [-0.2, 0) is 16.1 Å². The van der Waals surface area contributed by atoms with Crippen LogP contribution in [0.3, 0.4) is 0 Å². The molecule has 1 aromatic rings. The molecule has 0 aliphatic heterocycles. The molecule has 1 rings (SSSR count). The molecule has 8 heteroatoms. The predicted molar refractivity (Wildman–Crippen MR) is 105 cm³/mol. The maximum absolute atomic E-state index is 11.8. The number of hydrogen-bond acceptors (Lipinski definition) is 5. The molecule has 2 amide bonds. The molecule has 0 aromatic heterocycles. The standard InChI is InChI=1S/C19H28N3O4Se/c1-19(2,3)26-18(24)22-15(16(20)27)11-7-8-12-21-17(23)25-13-14-9-5-4-6-10-14/h4-6,9-10,15,20H,7-8,11-13H2,1-3H3,(H,21,23)(H,22,24)/t15-/m0/s1. The molecule has 1 radical (unpaired) electrons. The van der Waals surface area contributed by atoms with Crippen LogP contribution < -0.4 is 10.6 Å². The van der Waals surface area contributed by atoms with Crippen LogP contribution in [0.1, 0.15) is 45.6 Å². The summed E-state index contributed by atoms with van der Waals surface area (Å²) in [6.45, 7) is 6.06. The van der Waals surface area contributed by atoms with Gasteiger partial charge in [0.1, 0.15) is 0 Å². The summed E-state index contributed by atoms with van der Waals surface area (Å²) in [4.78, 5) is 23.5. The Kier molecular flexibility index (Phi) is 9.89.